The summed E-state index contributed by atoms with van der Waals surface area (Å²) in [6, 6.07) is 15.2. The number of ether oxygens (including phenoxy) is 2. The van der Waals surface area contributed by atoms with Gasteiger partial charge >= 0.3 is 12.2 Å². The molecule has 0 saturated carbocycles. The van der Waals surface area contributed by atoms with E-state index < -0.39 is 12.2 Å². The molecular weight excluding hydrogens is 451 g/mol. The van der Waals surface area contributed by atoms with E-state index in [-0.39, 0.29) is 11.8 Å². The van der Waals surface area contributed by atoms with Gasteiger partial charge in [-0.3, -0.25) is 0 Å². The zero-order chi connectivity index (χ0) is 23.3. The van der Waals surface area contributed by atoms with Gasteiger partial charge in [0.1, 0.15) is 11.5 Å². The number of amides is 2. The lowest BCUT2D eigenvalue weighted by Gasteiger charge is -2.26. The number of carbonyl (C=O) groups excluding carboxylic acids is 2. The van der Waals surface area contributed by atoms with Crippen LogP contribution in [0.25, 0.3) is 0 Å². The highest BCUT2D eigenvalue weighted by Gasteiger charge is 2.22. The van der Waals surface area contributed by atoms with E-state index in [1.54, 1.807) is 24.3 Å². The molecule has 32 heavy (non-hydrogen) atoms. The van der Waals surface area contributed by atoms with Crippen molar-refractivity contribution in [3.8, 4) is 11.5 Å². The molecule has 8 heteroatoms. The second-order valence-electron chi connectivity index (χ2n) is 7.18. The van der Waals surface area contributed by atoms with Crippen LogP contribution in [0.1, 0.15) is 49.7 Å². The largest absolute Gasteiger partial charge is 0.412 e. The SMILES string of the molecule is CC[C@@H](c1ccc(OC(=O)NCCCl)cc1)[C@@H](CC)c1ccc(OC(=O)NCCCl)cc1. The van der Waals surface area contributed by atoms with Crippen LogP contribution in [0.3, 0.4) is 0 Å². The first kappa shape index (κ1) is 25.8. The summed E-state index contributed by atoms with van der Waals surface area (Å²) >= 11 is 11.1. The van der Waals surface area contributed by atoms with E-state index in [9.17, 15) is 9.59 Å². The molecule has 0 aromatic heterocycles. The summed E-state index contributed by atoms with van der Waals surface area (Å²) in [5.41, 5.74) is 2.35. The predicted molar refractivity (Wildman–Crippen MR) is 128 cm³/mol. The fourth-order valence-electron chi connectivity index (χ4n) is 3.66. The number of hydrogen-bond donors (Lipinski definition) is 2. The monoisotopic (exact) mass is 480 g/mol. The Morgan fingerprint density at radius 2 is 1.06 bits per heavy atom. The van der Waals surface area contributed by atoms with Gasteiger partial charge in [0.05, 0.1) is 0 Å². The Morgan fingerprint density at radius 1 is 0.719 bits per heavy atom. The number of hydrogen-bond acceptors (Lipinski definition) is 4. The number of halogens is 2. The summed E-state index contributed by atoms with van der Waals surface area (Å²) in [7, 11) is 0. The molecule has 0 aliphatic rings. The van der Waals surface area contributed by atoms with Gasteiger partial charge < -0.3 is 20.1 Å². The molecule has 0 aliphatic heterocycles. The molecule has 2 aromatic carbocycles. The van der Waals surface area contributed by atoms with Crippen molar-refractivity contribution in [2.45, 2.75) is 38.5 Å². The second kappa shape index (κ2) is 13.9. The fourth-order valence-corrected chi connectivity index (χ4v) is 3.85. The van der Waals surface area contributed by atoms with Gasteiger partial charge in [-0.2, -0.15) is 0 Å². The fraction of sp³-hybridized carbons (Fsp3) is 0.417. The minimum atomic E-state index is -0.518. The van der Waals surface area contributed by atoms with Gasteiger partial charge in [-0.15, -0.1) is 23.2 Å². The Morgan fingerprint density at radius 3 is 1.34 bits per heavy atom. The minimum Gasteiger partial charge on any atom is -0.410 e. The Hall–Kier alpha value is -2.44. The minimum absolute atomic E-state index is 0.290. The Balaban J connectivity index is 2.07. The molecular formula is C24H30Cl2N2O4. The highest BCUT2D eigenvalue weighted by Crippen LogP contribution is 2.38. The van der Waals surface area contributed by atoms with E-state index in [0.717, 1.165) is 12.8 Å². The maximum absolute atomic E-state index is 11.7. The number of rotatable bonds is 11. The van der Waals surface area contributed by atoms with E-state index in [1.165, 1.54) is 11.1 Å². The first-order valence-corrected chi connectivity index (χ1v) is 11.8. The lowest BCUT2D eigenvalue weighted by Crippen LogP contribution is -2.28. The van der Waals surface area contributed by atoms with Gasteiger partial charge in [0, 0.05) is 24.8 Å². The lowest BCUT2D eigenvalue weighted by atomic mass is 9.78. The van der Waals surface area contributed by atoms with Gasteiger partial charge in [-0.1, -0.05) is 38.1 Å². The molecule has 0 radical (unpaired) electrons. The van der Waals surface area contributed by atoms with Gasteiger partial charge in [-0.25, -0.2) is 9.59 Å². The first-order chi connectivity index (χ1) is 15.5. The zero-order valence-electron chi connectivity index (χ0n) is 18.4. The third-order valence-corrected chi connectivity index (χ3v) is 5.51. The van der Waals surface area contributed by atoms with Crippen LogP contribution >= 0.6 is 23.2 Å². The molecule has 0 saturated heterocycles. The maximum Gasteiger partial charge on any atom is 0.412 e. The number of benzene rings is 2. The van der Waals surface area contributed by atoms with Crippen LogP contribution in [0.4, 0.5) is 9.59 Å². The molecule has 0 aliphatic carbocycles. The van der Waals surface area contributed by atoms with Crippen molar-refractivity contribution in [1.82, 2.24) is 10.6 Å². The van der Waals surface area contributed by atoms with Crippen LogP contribution in [0.5, 0.6) is 11.5 Å². The van der Waals surface area contributed by atoms with E-state index in [4.69, 9.17) is 32.7 Å². The lowest BCUT2D eigenvalue weighted by molar-refractivity contribution is 0.200. The van der Waals surface area contributed by atoms with Crippen molar-refractivity contribution >= 4 is 35.4 Å². The van der Waals surface area contributed by atoms with Crippen LogP contribution in [-0.4, -0.2) is 37.0 Å². The van der Waals surface area contributed by atoms with Gasteiger partial charge in [0.25, 0.3) is 0 Å². The van der Waals surface area contributed by atoms with Crippen molar-refractivity contribution in [2.24, 2.45) is 0 Å². The molecule has 6 nitrogen and oxygen atoms in total. The standard InChI is InChI=1S/C24H30Cl2N2O4/c1-3-21(17-5-9-19(10-6-17)31-23(29)27-15-13-25)22(4-2)18-7-11-20(12-8-18)32-24(30)28-16-14-26/h5-12,21-22H,3-4,13-16H2,1-2H3,(H,27,29)(H,28,30)/t21-,22-/m0/s1. The van der Waals surface area contributed by atoms with Gasteiger partial charge in [0.15, 0.2) is 0 Å². The summed E-state index contributed by atoms with van der Waals surface area (Å²) < 4.78 is 10.5. The maximum atomic E-state index is 11.7. The van der Waals surface area contributed by atoms with Crippen LogP contribution < -0.4 is 20.1 Å². The molecule has 0 heterocycles. The van der Waals surface area contributed by atoms with Crippen LogP contribution in [0.15, 0.2) is 48.5 Å². The summed E-state index contributed by atoms with van der Waals surface area (Å²) in [5.74, 6) is 2.21. The molecule has 2 aromatic rings. The molecule has 174 valence electrons. The number of carbonyl (C=O) groups is 2. The van der Waals surface area contributed by atoms with Gasteiger partial charge in [0.2, 0.25) is 0 Å². The number of alkyl halides is 2. The molecule has 2 atom stereocenters. The molecule has 0 bridgehead atoms. The summed E-state index contributed by atoms with van der Waals surface area (Å²) in [4.78, 5) is 23.4. The van der Waals surface area contributed by atoms with E-state index >= 15 is 0 Å². The molecule has 0 spiro atoms. The highest BCUT2D eigenvalue weighted by atomic mass is 35.5. The third kappa shape index (κ3) is 7.92. The summed E-state index contributed by atoms with van der Waals surface area (Å²) in [6.45, 7) is 5.04. The average Bonchev–Trinajstić information content (AvgIpc) is 2.81. The smallest absolute Gasteiger partial charge is 0.410 e. The molecule has 2 N–H and O–H groups in total. The van der Waals surface area contributed by atoms with Gasteiger partial charge in [-0.05, 0) is 60.1 Å². The van der Waals surface area contributed by atoms with E-state index in [2.05, 4.69) is 24.5 Å². The number of nitrogens with one attached hydrogen (secondary N) is 2. The zero-order valence-corrected chi connectivity index (χ0v) is 19.9. The van der Waals surface area contributed by atoms with Crippen molar-refractivity contribution in [1.29, 1.82) is 0 Å². The van der Waals surface area contributed by atoms with Crippen molar-refractivity contribution in [2.75, 3.05) is 24.8 Å². The van der Waals surface area contributed by atoms with Crippen molar-refractivity contribution in [3.63, 3.8) is 0 Å². The quantitative estimate of drug-likeness (QED) is 0.385. The molecule has 0 unspecified atom stereocenters. The normalized spacial score (nSPS) is 12.5. The Kier molecular flexibility index (Phi) is 11.2. The molecule has 0 fully saturated rings. The third-order valence-electron chi connectivity index (χ3n) is 5.13. The van der Waals surface area contributed by atoms with Crippen LogP contribution in [-0.2, 0) is 0 Å². The Bertz CT molecular complexity index is 773. The summed E-state index contributed by atoms with van der Waals surface area (Å²) in [5, 5.41) is 5.14. The van der Waals surface area contributed by atoms with Crippen LogP contribution in [0, 0.1) is 0 Å². The Labute approximate surface area is 199 Å². The van der Waals surface area contributed by atoms with Crippen molar-refractivity contribution < 1.29 is 19.1 Å². The van der Waals surface area contributed by atoms with E-state index in [0.29, 0.717) is 36.3 Å². The molecule has 2 amide bonds. The highest BCUT2D eigenvalue weighted by molar-refractivity contribution is 6.18. The van der Waals surface area contributed by atoms with Crippen molar-refractivity contribution in [3.05, 3.63) is 59.7 Å². The summed E-state index contributed by atoms with van der Waals surface area (Å²) in [6.07, 6.45) is 0.869. The molecule has 2 rings (SSSR count). The topological polar surface area (TPSA) is 76.7 Å². The second-order valence-corrected chi connectivity index (χ2v) is 7.93. The average molecular weight is 481 g/mol. The van der Waals surface area contributed by atoms with Crippen LogP contribution in [0.2, 0.25) is 0 Å². The first-order valence-electron chi connectivity index (χ1n) is 10.8. The predicted octanol–water partition coefficient (Wildman–Crippen LogP) is 6.03. The van der Waals surface area contributed by atoms with E-state index in [1.807, 2.05) is 24.3 Å².